The van der Waals surface area contributed by atoms with E-state index in [1.165, 1.54) is 0 Å². The molecule has 1 aromatic carbocycles. The Morgan fingerprint density at radius 1 is 1.29 bits per heavy atom. The van der Waals surface area contributed by atoms with Gasteiger partial charge >= 0.3 is 0 Å². The summed E-state index contributed by atoms with van der Waals surface area (Å²) >= 11 is 0. The van der Waals surface area contributed by atoms with Gasteiger partial charge in [-0.2, -0.15) is 0 Å². The van der Waals surface area contributed by atoms with Crippen LogP contribution in [0.2, 0.25) is 0 Å². The number of aliphatic hydroxyl groups is 1. The first kappa shape index (κ1) is 13.8. The van der Waals surface area contributed by atoms with E-state index in [0.717, 1.165) is 23.5 Å². The summed E-state index contributed by atoms with van der Waals surface area (Å²) in [4.78, 5) is 0. The number of aliphatic hydroxyl groups excluding tert-OH is 1. The number of rotatable bonds is 8. The van der Waals surface area contributed by atoms with Crippen LogP contribution in [-0.2, 0) is 6.54 Å². The molecule has 1 rings (SSSR count). The lowest BCUT2D eigenvalue weighted by Gasteiger charge is -2.11. The van der Waals surface area contributed by atoms with Crippen LogP contribution >= 0.6 is 0 Å². The van der Waals surface area contributed by atoms with Crippen LogP contribution in [0.3, 0.4) is 0 Å². The van der Waals surface area contributed by atoms with Gasteiger partial charge in [0, 0.05) is 13.1 Å². The average molecular weight is 239 g/mol. The SMILES string of the molecule is CCCOc1ccc(CNCCO)cc1OC. The van der Waals surface area contributed by atoms with Gasteiger partial charge in [0.25, 0.3) is 0 Å². The van der Waals surface area contributed by atoms with Crippen LogP contribution in [0.1, 0.15) is 18.9 Å². The van der Waals surface area contributed by atoms with Gasteiger partial charge < -0.3 is 19.9 Å². The van der Waals surface area contributed by atoms with Gasteiger partial charge in [-0.25, -0.2) is 0 Å². The van der Waals surface area contributed by atoms with Crippen LogP contribution < -0.4 is 14.8 Å². The highest BCUT2D eigenvalue weighted by Crippen LogP contribution is 2.28. The molecule has 0 aliphatic rings. The summed E-state index contributed by atoms with van der Waals surface area (Å²) in [7, 11) is 1.64. The second kappa shape index (κ2) is 7.92. The Labute approximate surface area is 103 Å². The fraction of sp³-hybridized carbons (Fsp3) is 0.538. The van der Waals surface area contributed by atoms with Gasteiger partial charge in [-0.1, -0.05) is 13.0 Å². The van der Waals surface area contributed by atoms with E-state index in [2.05, 4.69) is 12.2 Å². The van der Waals surface area contributed by atoms with Crippen LogP contribution in [0.4, 0.5) is 0 Å². The minimum absolute atomic E-state index is 0.148. The van der Waals surface area contributed by atoms with E-state index in [1.54, 1.807) is 7.11 Å². The molecule has 0 amide bonds. The zero-order chi connectivity index (χ0) is 12.5. The van der Waals surface area contributed by atoms with E-state index >= 15 is 0 Å². The Morgan fingerprint density at radius 3 is 2.76 bits per heavy atom. The fourth-order valence-corrected chi connectivity index (χ4v) is 1.47. The summed E-state index contributed by atoms with van der Waals surface area (Å²) in [5.41, 5.74) is 1.11. The molecule has 4 heteroatoms. The maximum atomic E-state index is 8.68. The van der Waals surface area contributed by atoms with Crippen molar-refractivity contribution in [2.75, 3.05) is 26.9 Å². The minimum Gasteiger partial charge on any atom is -0.493 e. The van der Waals surface area contributed by atoms with Crippen molar-refractivity contribution in [3.8, 4) is 11.5 Å². The summed E-state index contributed by atoms with van der Waals surface area (Å²) in [6, 6.07) is 5.87. The molecule has 1 aromatic rings. The zero-order valence-corrected chi connectivity index (χ0v) is 10.5. The number of benzene rings is 1. The van der Waals surface area contributed by atoms with Crippen LogP contribution in [0.5, 0.6) is 11.5 Å². The molecular formula is C13H21NO3. The first-order valence-electron chi connectivity index (χ1n) is 5.93. The molecular weight excluding hydrogens is 218 g/mol. The highest BCUT2D eigenvalue weighted by molar-refractivity contribution is 5.42. The summed E-state index contributed by atoms with van der Waals surface area (Å²) < 4.78 is 10.9. The number of ether oxygens (including phenoxy) is 2. The van der Waals surface area contributed by atoms with E-state index in [1.807, 2.05) is 18.2 Å². The summed E-state index contributed by atoms with van der Waals surface area (Å²) in [5.74, 6) is 1.53. The molecule has 0 aliphatic carbocycles. The molecule has 0 bridgehead atoms. The summed E-state index contributed by atoms with van der Waals surface area (Å²) in [6.07, 6.45) is 0.975. The van der Waals surface area contributed by atoms with Crippen LogP contribution in [-0.4, -0.2) is 32.0 Å². The number of hydrogen-bond acceptors (Lipinski definition) is 4. The Kier molecular flexibility index (Phi) is 6.43. The topological polar surface area (TPSA) is 50.7 Å². The van der Waals surface area contributed by atoms with Gasteiger partial charge in [0.1, 0.15) is 0 Å². The predicted molar refractivity (Wildman–Crippen MR) is 67.6 cm³/mol. The third-order valence-electron chi connectivity index (χ3n) is 2.31. The monoisotopic (exact) mass is 239 g/mol. The third-order valence-corrected chi connectivity index (χ3v) is 2.31. The fourth-order valence-electron chi connectivity index (χ4n) is 1.47. The van der Waals surface area contributed by atoms with Crippen molar-refractivity contribution in [3.63, 3.8) is 0 Å². The van der Waals surface area contributed by atoms with Crippen molar-refractivity contribution in [2.45, 2.75) is 19.9 Å². The smallest absolute Gasteiger partial charge is 0.161 e. The van der Waals surface area contributed by atoms with E-state index in [9.17, 15) is 0 Å². The van der Waals surface area contributed by atoms with Crippen molar-refractivity contribution in [1.82, 2.24) is 5.32 Å². The molecule has 0 atom stereocenters. The Hall–Kier alpha value is -1.26. The third kappa shape index (κ3) is 4.63. The molecule has 0 aliphatic heterocycles. The molecule has 4 nitrogen and oxygen atoms in total. The lowest BCUT2D eigenvalue weighted by Crippen LogP contribution is -2.17. The normalized spacial score (nSPS) is 10.3. The van der Waals surface area contributed by atoms with E-state index < -0.39 is 0 Å². The Balaban J connectivity index is 2.63. The van der Waals surface area contributed by atoms with E-state index in [4.69, 9.17) is 14.6 Å². The lowest BCUT2D eigenvalue weighted by molar-refractivity contribution is 0.290. The van der Waals surface area contributed by atoms with Crippen molar-refractivity contribution in [2.24, 2.45) is 0 Å². The van der Waals surface area contributed by atoms with Gasteiger partial charge in [-0.05, 0) is 24.1 Å². The second-order valence-electron chi connectivity index (χ2n) is 3.73. The van der Waals surface area contributed by atoms with Crippen molar-refractivity contribution in [1.29, 1.82) is 0 Å². The van der Waals surface area contributed by atoms with Gasteiger partial charge in [-0.3, -0.25) is 0 Å². The molecule has 0 unspecified atom stereocenters. The lowest BCUT2D eigenvalue weighted by atomic mass is 10.2. The second-order valence-corrected chi connectivity index (χ2v) is 3.73. The van der Waals surface area contributed by atoms with Gasteiger partial charge in [0.05, 0.1) is 20.3 Å². The van der Waals surface area contributed by atoms with Crippen LogP contribution in [0, 0.1) is 0 Å². The van der Waals surface area contributed by atoms with Crippen molar-refractivity contribution >= 4 is 0 Å². The Bertz CT molecular complexity index is 328. The largest absolute Gasteiger partial charge is 0.493 e. The average Bonchev–Trinajstić information content (AvgIpc) is 2.37. The van der Waals surface area contributed by atoms with Gasteiger partial charge in [0.15, 0.2) is 11.5 Å². The molecule has 0 saturated carbocycles. The predicted octanol–water partition coefficient (Wildman–Crippen LogP) is 1.57. The number of nitrogens with one attached hydrogen (secondary N) is 1. The Morgan fingerprint density at radius 2 is 2.12 bits per heavy atom. The molecule has 0 aromatic heterocycles. The van der Waals surface area contributed by atoms with Gasteiger partial charge in [0.2, 0.25) is 0 Å². The first-order valence-corrected chi connectivity index (χ1v) is 5.93. The molecule has 0 saturated heterocycles. The summed E-state index contributed by atoms with van der Waals surface area (Å²) in [6.45, 7) is 4.22. The molecule has 0 heterocycles. The molecule has 17 heavy (non-hydrogen) atoms. The molecule has 96 valence electrons. The molecule has 2 N–H and O–H groups in total. The first-order chi connectivity index (χ1) is 8.31. The number of methoxy groups -OCH3 is 1. The quantitative estimate of drug-likeness (QED) is 0.676. The zero-order valence-electron chi connectivity index (χ0n) is 10.5. The van der Waals surface area contributed by atoms with Crippen molar-refractivity contribution in [3.05, 3.63) is 23.8 Å². The molecule has 0 fully saturated rings. The highest BCUT2D eigenvalue weighted by atomic mass is 16.5. The molecule has 0 radical (unpaired) electrons. The van der Waals surface area contributed by atoms with Crippen LogP contribution in [0.15, 0.2) is 18.2 Å². The summed E-state index contributed by atoms with van der Waals surface area (Å²) in [5, 5.41) is 11.8. The maximum Gasteiger partial charge on any atom is 0.161 e. The number of hydrogen-bond donors (Lipinski definition) is 2. The maximum absolute atomic E-state index is 8.68. The highest BCUT2D eigenvalue weighted by Gasteiger charge is 2.05. The van der Waals surface area contributed by atoms with E-state index in [-0.39, 0.29) is 6.61 Å². The molecule has 0 spiro atoms. The minimum atomic E-state index is 0.148. The van der Waals surface area contributed by atoms with E-state index in [0.29, 0.717) is 19.7 Å². The van der Waals surface area contributed by atoms with Gasteiger partial charge in [-0.15, -0.1) is 0 Å². The van der Waals surface area contributed by atoms with Crippen LogP contribution in [0.25, 0.3) is 0 Å². The standard InChI is InChI=1S/C13H21NO3/c1-3-8-17-12-5-4-11(9-13(12)16-2)10-14-6-7-15/h4-5,9,14-15H,3,6-8,10H2,1-2H3. The van der Waals surface area contributed by atoms with Crippen molar-refractivity contribution < 1.29 is 14.6 Å².